The monoisotopic (exact) mass is 497 g/mol. The van der Waals surface area contributed by atoms with Crippen LogP contribution in [0.1, 0.15) is 37.5 Å². The first-order valence-corrected chi connectivity index (χ1v) is 10.7. The summed E-state index contributed by atoms with van der Waals surface area (Å²) in [6, 6.07) is 7.54. The number of hydrogen-bond acceptors (Lipinski definition) is 5. The van der Waals surface area contributed by atoms with E-state index in [1.807, 2.05) is 0 Å². The first kappa shape index (κ1) is 25.4. The fourth-order valence-electron chi connectivity index (χ4n) is 3.23. The Bertz CT molecular complexity index is 1220. The molecule has 1 heterocycles. The van der Waals surface area contributed by atoms with Crippen LogP contribution < -0.4 is 10.4 Å². The van der Waals surface area contributed by atoms with E-state index in [-0.39, 0.29) is 23.9 Å². The number of ether oxygens (including phenoxy) is 2. The van der Waals surface area contributed by atoms with Gasteiger partial charge in [-0.2, -0.15) is 18.3 Å². The van der Waals surface area contributed by atoms with E-state index in [9.17, 15) is 22.8 Å². The molecule has 0 radical (unpaired) electrons. The number of hydrogen-bond donors (Lipinski definition) is 0. The summed E-state index contributed by atoms with van der Waals surface area (Å²) in [5.74, 6) is -0.221. The van der Waals surface area contributed by atoms with Crippen LogP contribution in [0.5, 0.6) is 5.75 Å². The van der Waals surface area contributed by atoms with E-state index in [4.69, 9.17) is 21.1 Å². The number of esters is 1. The van der Waals surface area contributed by atoms with E-state index in [0.29, 0.717) is 16.9 Å². The molecule has 0 aliphatic rings. The van der Waals surface area contributed by atoms with E-state index < -0.39 is 29.0 Å². The number of carbonyl (C=O) groups excluding carboxylic acids is 1. The summed E-state index contributed by atoms with van der Waals surface area (Å²) in [6.45, 7) is 6.86. The van der Waals surface area contributed by atoms with Crippen LogP contribution in [0.4, 0.5) is 13.2 Å². The van der Waals surface area contributed by atoms with Crippen LogP contribution in [0.25, 0.3) is 5.69 Å². The predicted molar refractivity (Wildman–Crippen MR) is 119 cm³/mol. The molecule has 0 N–H and O–H groups in total. The van der Waals surface area contributed by atoms with Crippen molar-refractivity contribution < 1.29 is 27.4 Å². The van der Waals surface area contributed by atoms with E-state index in [0.717, 1.165) is 21.4 Å². The molecule has 0 saturated carbocycles. The van der Waals surface area contributed by atoms with Gasteiger partial charge >= 0.3 is 17.8 Å². The van der Waals surface area contributed by atoms with Gasteiger partial charge in [0.15, 0.2) is 5.60 Å². The summed E-state index contributed by atoms with van der Waals surface area (Å²) in [6.07, 6.45) is -3.23. The van der Waals surface area contributed by atoms with Gasteiger partial charge in [-0.15, -0.1) is 0 Å². The Hall–Kier alpha value is -3.27. The van der Waals surface area contributed by atoms with Crippen LogP contribution >= 0.6 is 11.6 Å². The minimum Gasteiger partial charge on any atom is -0.474 e. The number of benzene rings is 2. The van der Waals surface area contributed by atoms with Crippen LogP contribution in [0, 0.1) is 6.92 Å². The normalized spacial score (nSPS) is 12.0. The average molecular weight is 498 g/mol. The molecule has 3 rings (SSSR count). The van der Waals surface area contributed by atoms with Gasteiger partial charge in [0.25, 0.3) is 0 Å². The topological polar surface area (TPSA) is 75.3 Å². The fraction of sp³-hybridized carbons (Fsp3) is 0.348. The highest BCUT2D eigenvalue weighted by atomic mass is 35.5. The Kier molecular flexibility index (Phi) is 7.11. The molecule has 34 heavy (non-hydrogen) atoms. The fourth-order valence-corrected chi connectivity index (χ4v) is 3.56. The number of halogens is 4. The molecule has 0 spiro atoms. The molecule has 3 aromatic rings. The number of alkyl halides is 3. The maximum atomic E-state index is 12.8. The standard InChI is InChI=1S/C23H23ClF3N3O4/c1-5-33-20(31)22(3,4)34-19-14(2)10-15(11-18(19)24)12-30-21(32)29(13-28-30)17-8-6-16(7-9-17)23(25,26)27/h6-11,13H,5,12H2,1-4H3. The zero-order valence-corrected chi connectivity index (χ0v) is 19.7. The van der Waals surface area contributed by atoms with Crippen molar-refractivity contribution >= 4 is 17.6 Å². The summed E-state index contributed by atoms with van der Waals surface area (Å²) < 4.78 is 51.5. The summed E-state index contributed by atoms with van der Waals surface area (Å²) >= 11 is 6.40. The van der Waals surface area contributed by atoms with E-state index >= 15 is 0 Å². The molecule has 0 bridgehead atoms. The second kappa shape index (κ2) is 9.54. The largest absolute Gasteiger partial charge is 0.474 e. The Morgan fingerprint density at radius 2 is 1.79 bits per heavy atom. The Labute approximate surface area is 198 Å². The van der Waals surface area contributed by atoms with Gasteiger partial charge in [0.05, 0.1) is 29.4 Å². The van der Waals surface area contributed by atoms with Gasteiger partial charge in [-0.25, -0.2) is 18.8 Å². The second-order valence-corrected chi connectivity index (χ2v) is 8.45. The van der Waals surface area contributed by atoms with Crippen LogP contribution in [-0.2, 0) is 22.3 Å². The lowest BCUT2D eigenvalue weighted by Crippen LogP contribution is -2.40. The quantitative estimate of drug-likeness (QED) is 0.439. The predicted octanol–water partition coefficient (Wildman–Crippen LogP) is 4.78. The molecule has 0 amide bonds. The zero-order chi connectivity index (χ0) is 25.3. The first-order chi connectivity index (χ1) is 15.8. The summed E-state index contributed by atoms with van der Waals surface area (Å²) in [5.41, 5.74) is -1.07. The van der Waals surface area contributed by atoms with Crippen LogP contribution in [0.15, 0.2) is 47.5 Å². The molecule has 2 aromatic carbocycles. The van der Waals surface area contributed by atoms with Crippen molar-refractivity contribution in [2.24, 2.45) is 0 Å². The molecule has 0 aliphatic heterocycles. The second-order valence-electron chi connectivity index (χ2n) is 8.04. The zero-order valence-electron chi connectivity index (χ0n) is 18.9. The summed E-state index contributed by atoms with van der Waals surface area (Å²) in [4.78, 5) is 24.9. The van der Waals surface area contributed by atoms with Crippen molar-refractivity contribution in [3.05, 3.63) is 74.9 Å². The Balaban J connectivity index is 1.83. The van der Waals surface area contributed by atoms with Gasteiger partial charge in [-0.1, -0.05) is 17.7 Å². The third kappa shape index (κ3) is 5.44. The molecule has 11 heteroatoms. The van der Waals surface area contributed by atoms with Gasteiger partial charge < -0.3 is 9.47 Å². The summed E-state index contributed by atoms with van der Waals surface area (Å²) in [5, 5.41) is 4.29. The van der Waals surface area contributed by atoms with Crippen LogP contribution in [0.2, 0.25) is 5.02 Å². The summed E-state index contributed by atoms with van der Waals surface area (Å²) in [7, 11) is 0. The Morgan fingerprint density at radius 1 is 1.15 bits per heavy atom. The highest BCUT2D eigenvalue weighted by molar-refractivity contribution is 6.32. The van der Waals surface area contributed by atoms with Crippen molar-refractivity contribution in [3.63, 3.8) is 0 Å². The minimum atomic E-state index is -4.47. The van der Waals surface area contributed by atoms with Gasteiger partial charge in [-0.05, 0) is 69.2 Å². The molecule has 182 valence electrons. The molecule has 0 unspecified atom stereocenters. The number of rotatable bonds is 7. The van der Waals surface area contributed by atoms with Gasteiger partial charge in [0, 0.05) is 0 Å². The van der Waals surface area contributed by atoms with Crippen molar-refractivity contribution in [2.45, 2.75) is 46.0 Å². The van der Waals surface area contributed by atoms with Crippen molar-refractivity contribution in [3.8, 4) is 11.4 Å². The molecule has 0 fully saturated rings. The van der Waals surface area contributed by atoms with Crippen LogP contribution in [0.3, 0.4) is 0 Å². The van der Waals surface area contributed by atoms with E-state index in [1.54, 1.807) is 39.8 Å². The lowest BCUT2D eigenvalue weighted by atomic mass is 10.1. The lowest BCUT2D eigenvalue weighted by Gasteiger charge is -2.26. The van der Waals surface area contributed by atoms with Crippen molar-refractivity contribution in [1.82, 2.24) is 14.3 Å². The minimum absolute atomic E-state index is 0.0641. The van der Waals surface area contributed by atoms with Crippen LogP contribution in [-0.4, -0.2) is 32.5 Å². The highest BCUT2D eigenvalue weighted by Gasteiger charge is 2.33. The maximum absolute atomic E-state index is 12.8. The lowest BCUT2D eigenvalue weighted by molar-refractivity contribution is -0.158. The molecular formula is C23H23ClF3N3O4. The van der Waals surface area contributed by atoms with E-state index in [2.05, 4.69) is 5.10 Å². The van der Waals surface area contributed by atoms with Gasteiger partial charge in [0.2, 0.25) is 0 Å². The Morgan fingerprint density at radius 3 is 2.35 bits per heavy atom. The highest BCUT2D eigenvalue weighted by Crippen LogP contribution is 2.33. The number of carbonyl (C=O) groups is 1. The van der Waals surface area contributed by atoms with Gasteiger partial charge in [-0.3, -0.25) is 0 Å². The molecule has 0 saturated heterocycles. The van der Waals surface area contributed by atoms with Crippen molar-refractivity contribution in [2.75, 3.05) is 6.61 Å². The SMILES string of the molecule is CCOC(=O)C(C)(C)Oc1c(C)cc(Cn2ncn(-c3ccc(C(F)(F)F)cc3)c2=O)cc1Cl. The molecule has 7 nitrogen and oxygen atoms in total. The molecular weight excluding hydrogens is 475 g/mol. The number of aryl methyl sites for hydroxylation is 1. The molecule has 0 aliphatic carbocycles. The van der Waals surface area contributed by atoms with Gasteiger partial charge in [0.1, 0.15) is 12.1 Å². The first-order valence-electron chi connectivity index (χ1n) is 10.3. The smallest absolute Gasteiger partial charge is 0.416 e. The average Bonchev–Trinajstić information content (AvgIpc) is 3.10. The maximum Gasteiger partial charge on any atom is 0.416 e. The molecule has 1 aromatic heterocycles. The number of nitrogens with zero attached hydrogens (tertiary/aromatic N) is 3. The van der Waals surface area contributed by atoms with Crippen molar-refractivity contribution in [1.29, 1.82) is 0 Å². The third-order valence-corrected chi connectivity index (χ3v) is 5.23. The van der Waals surface area contributed by atoms with E-state index in [1.165, 1.54) is 18.5 Å². The third-order valence-electron chi connectivity index (χ3n) is 4.95. The molecule has 0 atom stereocenters. The number of aromatic nitrogens is 3.